The average molecular weight is 513 g/mol. The number of hydrogen-bond acceptors (Lipinski definition) is 6. The Morgan fingerprint density at radius 1 is 1.00 bits per heavy atom. The summed E-state index contributed by atoms with van der Waals surface area (Å²) in [4.78, 5) is 15.5. The summed E-state index contributed by atoms with van der Waals surface area (Å²) in [5.41, 5.74) is 3.97. The normalized spacial score (nSPS) is 12.1. The van der Waals surface area contributed by atoms with Crippen LogP contribution in [0.3, 0.4) is 0 Å². The number of aromatic amines is 1. The first kappa shape index (κ1) is 27.0. The first-order chi connectivity index (χ1) is 16.9. The van der Waals surface area contributed by atoms with Crippen molar-refractivity contribution in [3.8, 4) is 22.8 Å². The third-order valence-electron chi connectivity index (χ3n) is 5.60. The Morgan fingerprint density at radius 3 is 2.25 bits per heavy atom. The van der Waals surface area contributed by atoms with Crippen molar-refractivity contribution in [2.24, 2.45) is 0 Å². The molecule has 2 aromatic carbocycles. The van der Waals surface area contributed by atoms with Crippen molar-refractivity contribution in [1.29, 1.82) is 0 Å². The number of aliphatic hydroxyl groups excluding tert-OH is 1. The van der Waals surface area contributed by atoms with Crippen LogP contribution in [-0.4, -0.2) is 39.0 Å². The molecule has 0 spiro atoms. The SMILES string of the molecule is COc1ccc(-c2cc(C=Cc3ccc(NS(C)(=O)=O)cc3CO)c(OC)c(C(C)(C)C)c2)c(=O)[nH]1. The van der Waals surface area contributed by atoms with Gasteiger partial charge in [0.05, 0.1) is 27.1 Å². The van der Waals surface area contributed by atoms with Gasteiger partial charge in [-0.25, -0.2) is 8.42 Å². The van der Waals surface area contributed by atoms with Crippen LogP contribution >= 0.6 is 0 Å². The maximum Gasteiger partial charge on any atom is 0.258 e. The second kappa shape index (κ2) is 10.6. The highest BCUT2D eigenvalue weighted by molar-refractivity contribution is 7.92. The molecular formula is C27H32N2O6S. The van der Waals surface area contributed by atoms with Crippen LogP contribution in [0.1, 0.15) is 43.0 Å². The van der Waals surface area contributed by atoms with E-state index in [1.165, 1.54) is 7.11 Å². The fraction of sp³-hybridized carbons (Fsp3) is 0.296. The quantitative estimate of drug-likeness (QED) is 0.385. The van der Waals surface area contributed by atoms with Gasteiger partial charge in [0.15, 0.2) is 5.88 Å². The lowest BCUT2D eigenvalue weighted by Gasteiger charge is -2.24. The number of benzene rings is 2. The highest BCUT2D eigenvalue weighted by Gasteiger charge is 2.23. The smallest absolute Gasteiger partial charge is 0.258 e. The molecule has 3 aromatic rings. The molecule has 0 radical (unpaired) electrons. The van der Waals surface area contributed by atoms with E-state index in [1.807, 2.05) is 24.3 Å². The fourth-order valence-electron chi connectivity index (χ4n) is 3.88. The minimum Gasteiger partial charge on any atom is -0.496 e. The maximum absolute atomic E-state index is 12.8. The summed E-state index contributed by atoms with van der Waals surface area (Å²) in [6.07, 6.45) is 4.74. The second-order valence-electron chi connectivity index (χ2n) is 9.45. The molecule has 36 heavy (non-hydrogen) atoms. The van der Waals surface area contributed by atoms with Crippen LogP contribution in [-0.2, 0) is 22.0 Å². The zero-order valence-corrected chi connectivity index (χ0v) is 22.1. The molecule has 192 valence electrons. The number of H-pyrrole nitrogens is 1. The molecule has 0 saturated heterocycles. The Balaban J connectivity index is 2.15. The molecule has 0 aliphatic carbocycles. The summed E-state index contributed by atoms with van der Waals surface area (Å²) >= 11 is 0. The molecule has 1 heterocycles. The van der Waals surface area contributed by atoms with Crippen LogP contribution in [0.4, 0.5) is 5.69 Å². The number of nitrogens with one attached hydrogen (secondary N) is 2. The van der Waals surface area contributed by atoms with Gasteiger partial charge < -0.3 is 14.6 Å². The number of sulfonamides is 1. The molecule has 0 bridgehead atoms. The Hall–Kier alpha value is -3.56. The van der Waals surface area contributed by atoms with Crippen molar-refractivity contribution < 1.29 is 23.0 Å². The van der Waals surface area contributed by atoms with Crippen molar-refractivity contribution in [2.45, 2.75) is 32.8 Å². The third-order valence-corrected chi connectivity index (χ3v) is 6.21. The molecule has 0 atom stereocenters. The van der Waals surface area contributed by atoms with E-state index in [-0.39, 0.29) is 17.6 Å². The van der Waals surface area contributed by atoms with E-state index in [1.54, 1.807) is 37.4 Å². The topological polar surface area (TPSA) is 118 Å². The van der Waals surface area contributed by atoms with Gasteiger partial charge in [0.25, 0.3) is 5.56 Å². The van der Waals surface area contributed by atoms with Crippen molar-refractivity contribution in [2.75, 3.05) is 25.2 Å². The molecule has 9 heteroatoms. The van der Waals surface area contributed by atoms with Gasteiger partial charge in [0.2, 0.25) is 10.0 Å². The number of ether oxygens (including phenoxy) is 2. The van der Waals surface area contributed by atoms with Gasteiger partial charge in [-0.15, -0.1) is 0 Å². The molecule has 0 amide bonds. The molecule has 3 rings (SSSR count). The van der Waals surface area contributed by atoms with E-state index in [9.17, 15) is 18.3 Å². The number of aliphatic hydroxyl groups is 1. The molecule has 0 fully saturated rings. The Bertz CT molecular complexity index is 1450. The molecule has 8 nitrogen and oxygen atoms in total. The van der Waals surface area contributed by atoms with Crippen LogP contribution in [0.25, 0.3) is 23.3 Å². The number of hydrogen-bond donors (Lipinski definition) is 3. The zero-order valence-electron chi connectivity index (χ0n) is 21.3. The Labute approximate surface area is 211 Å². The van der Waals surface area contributed by atoms with Gasteiger partial charge >= 0.3 is 0 Å². The van der Waals surface area contributed by atoms with Gasteiger partial charge in [-0.3, -0.25) is 14.5 Å². The van der Waals surface area contributed by atoms with E-state index in [2.05, 4.69) is 30.5 Å². The van der Waals surface area contributed by atoms with E-state index in [0.717, 1.165) is 22.9 Å². The summed E-state index contributed by atoms with van der Waals surface area (Å²) < 4.78 is 36.4. The summed E-state index contributed by atoms with van der Waals surface area (Å²) in [7, 11) is -0.346. The van der Waals surface area contributed by atoms with Crippen molar-refractivity contribution in [3.05, 3.63) is 75.1 Å². The highest BCUT2D eigenvalue weighted by Crippen LogP contribution is 2.38. The zero-order chi connectivity index (χ0) is 26.7. The van der Waals surface area contributed by atoms with Crippen LogP contribution < -0.4 is 19.8 Å². The molecule has 0 aliphatic heterocycles. The first-order valence-corrected chi connectivity index (χ1v) is 13.1. The highest BCUT2D eigenvalue weighted by atomic mass is 32.2. The van der Waals surface area contributed by atoms with Crippen molar-refractivity contribution in [3.63, 3.8) is 0 Å². The van der Waals surface area contributed by atoms with Crippen LogP contribution in [0, 0.1) is 0 Å². The lowest BCUT2D eigenvalue weighted by molar-refractivity contribution is 0.281. The lowest BCUT2D eigenvalue weighted by atomic mass is 9.83. The predicted molar refractivity (Wildman–Crippen MR) is 144 cm³/mol. The molecular weight excluding hydrogens is 480 g/mol. The largest absolute Gasteiger partial charge is 0.496 e. The third kappa shape index (κ3) is 6.35. The van der Waals surface area contributed by atoms with Crippen LogP contribution in [0.2, 0.25) is 0 Å². The average Bonchev–Trinajstić information content (AvgIpc) is 2.80. The van der Waals surface area contributed by atoms with E-state index >= 15 is 0 Å². The Kier molecular flexibility index (Phi) is 7.96. The minimum absolute atomic E-state index is 0.272. The van der Waals surface area contributed by atoms with Crippen molar-refractivity contribution in [1.82, 2.24) is 4.98 Å². The number of pyridine rings is 1. The number of anilines is 1. The fourth-order valence-corrected chi connectivity index (χ4v) is 4.44. The van der Waals surface area contributed by atoms with Crippen LogP contribution in [0.5, 0.6) is 11.6 Å². The monoisotopic (exact) mass is 512 g/mol. The van der Waals surface area contributed by atoms with E-state index in [0.29, 0.717) is 34.0 Å². The number of aromatic nitrogens is 1. The maximum atomic E-state index is 12.8. The second-order valence-corrected chi connectivity index (χ2v) is 11.2. The van der Waals surface area contributed by atoms with Gasteiger partial charge in [-0.1, -0.05) is 39.0 Å². The van der Waals surface area contributed by atoms with Gasteiger partial charge in [-0.2, -0.15) is 0 Å². The summed E-state index contributed by atoms with van der Waals surface area (Å²) in [6, 6.07) is 12.2. The molecule has 0 unspecified atom stereocenters. The summed E-state index contributed by atoms with van der Waals surface area (Å²) in [6.45, 7) is 5.93. The van der Waals surface area contributed by atoms with Gasteiger partial charge in [-0.05, 0) is 58.5 Å². The summed E-state index contributed by atoms with van der Waals surface area (Å²) in [5, 5.41) is 9.87. The van der Waals surface area contributed by atoms with Gasteiger partial charge in [0, 0.05) is 22.4 Å². The predicted octanol–water partition coefficient (Wildman–Crippen LogP) is 4.39. The van der Waals surface area contributed by atoms with Crippen molar-refractivity contribution >= 4 is 27.9 Å². The van der Waals surface area contributed by atoms with Crippen LogP contribution in [0.15, 0.2) is 47.3 Å². The minimum atomic E-state index is -3.44. The summed E-state index contributed by atoms with van der Waals surface area (Å²) in [5.74, 6) is 1.05. The van der Waals surface area contributed by atoms with E-state index < -0.39 is 10.0 Å². The molecule has 0 saturated carbocycles. The number of methoxy groups -OCH3 is 2. The van der Waals surface area contributed by atoms with E-state index in [4.69, 9.17) is 9.47 Å². The van der Waals surface area contributed by atoms with Gasteiger partial charge in [0.1, 0.15) is 5.75 Å². The standard InChI is InChI=1S/C27H32N2O6S/c1-27(2,3)23-15-19(22-11-12-24(34-4)28-26(22)31)13-18(25(23)35-5)8-7-17-9-10-21(14-20(17)16-30)29-36(6,32)33/h7-15,29-30H,16H2,1-6H3,(H,28,31). The molecule has 0 aliphatic rings. The Morgan fingerprint density at radius 2 is 1.69 bits per heavy atom. The number of rotatable bonds is 8. The lowest BCUT2D eigenvalue weighted by Crippen LogP contribution is -2.15. The molecule has 3 N–H and O–H groups in total. The first-order valence-electron chi connectivity index (χ1n) is 11.3. The molecule has 1 aromatic heterocycles.